The lowest BCUT2D eigenvalue weighted by Crippen LogP contribution is -2.50. The third kappa shape index (κ3) is 40.0. The molecule has 0 spiro atoms. The minimum atomic E-state index is -0.885. The van der Waals surface area contributed by atoms with Crippen molar-refractivity contribution in [1.29, 1.82) is 0 Å². The Kier molecular flexibility index (Phi) is 39.2. The van der Waals surface area contributed by atoms with Gasteiger partial charge < -0.3 is 23.8 Å². The Morgan fingerprint density at radius 1 is 0.525 bits per heavy atom. The van der Waals surface area contributed by atoms with Gasteiger partial charge in [0.05, 0.1) is 34.4 Å². The van der Waals surface area contributed by atoms with E-state index in [9.17, 15) is 19.5 Å². The Labute approximate surface area is 361 Å². The summed E-state index contributed by atoms with van der Waals surface area (Å²) in [5.74, 6) is -1.56. The molecule has 0 aliphatic rings. The second-order valence-electron chi connectivity index (χ2n) is 16.6. The maximum Gasteiger partial charge on any atom is 0.362 e. The molecule has 1 N–H and O–H groups in total. The molecule has 0 aliphatic heterocycles. The number of nitrogens with zero attached hydrogens (tertiary/aromatic N) is 1. The van der Waals surface area contributed by atoms with Crippen LogP contribution in [-0.2, 0) is 28.6 Å². The number of hydrogen-bond acceptors (Lipinski definition) is 6. The van der Waals surface area contributed by atoms with Gasteiger partial charge in [-0.3, -0.25) is 9.59 Å². The van der Waals surface area contributed by atoms with E-state index in [4.69, 9.17) is 14.2 Å². The van der Waals surface area contributed by atoms with Crippen molar-refractivity contribution in [2.75, 3.05) is 41.0 Å². The van der Waals surface area contributed by atoms with Crippen molar-refractivity contribution in [2.24, 2.45) is 0 Å². The molecule has 0 aromatic carbocycles. The van der Waals surface area contributed by atoms with Crippen molar-refractivity contribution in [3.63, 3.8) is 0 Å². The highest BCUT2D eigenvalue weighted by Gasteiger charge is 2.31. The van der Waals surface area contributed by atoms with Gasteiger partial charge in [-0.1, -0.05) is 164 Å². The van der Waals surface area contributed by atoms with Gasteiger partial charge in [0.2, 0.25) is 0 Å². The SMILES string of the molecule is CC/C=C/C/C=C/C/C=C/C/C=C/CCCCCCCCCCCC(=O)OC(COCCC(C(=O)O)[N+](C)(C)C)COC(=O)CC/C=C/C/C=C/CCCCCCCC. The highest BCUT2D eigenvalue weighted by Crippen LogP contribution is 2.14. The number of carbonyl (C=O) groups excluding carboxylic acids is 2. The van der Waals surface area contributed by atoms with Gasteiger partial charge in [-0.15, -0.1) is 0 Å². The summed E-state index contributed by atoms with van der Waals surface area (Å²) in [7, 11) is 5.51. The van der Waals surface area contributed by atoms with E-state index >= 15 is 0 Å². The van der Waals surface area contributed by atoms with Crippen molar-refractivity contribution in [3.05, 3.63) is 72.9 Å². The zero-order valence-corrected chi connectivity index (χ0v) is 38.4. The predicted molar refractivity (Wildman–Crippen MR) is 247 cm³/mol. The maximum absolute atomic E-state index is 12.8. The van der Waals surface area contributed by atoms with Crippen molar-refractivity contribution < 1.29 is 38.2 Å². The molecule has 2 unspecified atom stereocenters. The fourth-order valence-electron chi connectivity index (χ4n) is 6.49. The van der Waals surface area contributed by atoms with E-state index in [0.717, 1.165) is 64.2 Å². The quantitative estimate of drug-likeness (QED) is 0.0284. The fourth-order valence-corrected chi connectivity index (χ4v) is 6.49. The Hall–Kier alpha value is -3.23. The maximum atomic E-state index is 12.8. The monoisotopic (exact) mass is 827 g/mol. The normalized spacial score (nSPS) is 13.6. The number of rotatable bonds is 41. The Balaban J connectivity index is 4.34. The van der Waals surface area contributed by atoms with Gasteiger partial charge in [0, 0.05) is 19.3 Å². The van der Waals surface area contributed by atoms with Gasteiger partial charge in [0.15, 0.2) is 12.1 Å². The van der Waals surface area contributed by atoms with E-state index in [0.29, 0.717) is 19.3 Å². The van der Waals surface area contributed by atoms with E-state index < -0.39 is 18.1 Å². The number of carboxylic acid groups (broad SMARTS) is 1. The van der Waals surface area contributed by atoms with Crippen LogP contribution in [0.5, 0.6) is 0 Å². The number of aliphatic carboxylic acids is 1. The van der Waals surface area contributed by atoms with E-state index in [1.54, 1.807) is 0 Å². The lowest BCUT2D eigenvalue weighted by atomic mass is 10.1. The second kappa shape index (κ2) is 41.5. The van der Waals surface area contributed by atoms with Gasteiger partial charge in [-0.25, -0.2) is 4.79 Å². The molecule has 0 fully saturated rings. The minimum absolute atomic E-state index is 0.0386. The molecule has 0 aliphatic carbocycles. The number of unbranched alkanes of at least 4 members (excludes halogenated alkanes) is 15. The highest BCUT2D eigenvalue weighted by molar-refractivity contribution is 5.72. The number of likely N-dealkylation sites (N-methyl/N-ethyl adjacent to an activating group) is 1. The first-order valence-corrected chi connectivity index (χ1v) is 23.5. The number of hydrogen-bond donors (Lipinski definition) is 1. The zero-order chi connectivity index (χ0) is 43.5. The van der Waals surface area contributed by atoms with Gasteiger partial charge >= 0.3 is 17.9 Å². The first-order chi connectivity index (χ1) is 28.6. The van der Waals surface area contributed by atoms with Crippen molar-refractivity contribution in [1.82, 2.24) is 0 Å². The molecule has 0 aromatic rings. The highest BCUT2D eigenvalue weighted by atomic mass is 16.6. The third-order valence-electron chi connectivity index (χ3n) is 10.1. The average molecular weight is 827 g/mol. The molecule has 0 amide bonds. The smallest absolute Gasteiger partial charge is 0.362 e. The van der Waals surface area contributed by atoms with Crippen LogP contribution in [0.4, 0.5) is 0 Å². The van der Waals surface area contributed by atoms with Crippen LogP contribution in [-0.4, -0.2) is 80.6 Å². The van der Waals surface area contributed by atoms with Crippen molar-refractivity contribution >= 4 is 17.9 Å². The first-order valence-electron chi connectivity index (χ1n) is 23.5. The summed E-state index contributed by atoms with van der Waals surface area (Å²) in [5, 5.41) is 9.63. The van der Waals surface area contributed by atoms with Crippen LogP contribution in [0.3, 0.4) is 0 Å². The van der Waals surface area contributed by atoms with Crippen LogP contribution in [0.2, 0.25) is 0 Å². The number of quaternary nitrogens is 1. The molecule has 59 heavy (non-hydrogen) atoms. The summed E-state index contributed by atoms with van der Waals surface area (Å²) < 4.78 is 17.2. The average Bonchev–Trinajstić information content (AvgIpc) is 3.19. The molecule has 8 nitrogen and oxygen atoms in total. The fraction of sp³-hybridized carbons (Fsp3) is 0.706. The van der Waals surface area contributed by atoms with Gasteiger partial charge in [0.25, 0.3) is 0 Å². The number of allylic oxidation sites excluding steroid dienone is 12. The van der Waals surface area contributed by atoms with Crippen LogP contribution < -0.4 is 0 Å². The molecule has 2 atom stereocenters. The number of carboxylic acids is 1. The van der Waals surface area contributed by atoms with Crippen LogP contribution in [0, 0.1) is 0 Å². The Morgan fingerprint density at radius 2 is 0.983 bits per heavy atom. The molecule has 0 radical (unpaired) electrons. The zero-order valence-electron chi connectivity index (χ0n) is 38.4. The standard InChI is InChI=1S/C51H87NO7/c1-6-8-10-12-14-16-18-20-21-22-23-24-25-26-27-28-30-32-34-36-38-40-42-50(54)59-47(45-57-44-43-48(51(55)56)52(3,4)5)46-58-49(53)41-39-37-35-33-31-29-19-17-15-13-11-9-7-2/h8,10,14,16,20-21,23-24,29,31,35,37,47-48H,6-7,9,11-13,15,17-19,22,25-28,30,32-34,36,38-46H2,1-5H3/p+1/b10-8+,16-14+,21-20+,24-23+,31-29+,37-35+. The Bertz CT molecular complexity index is 1190. The summed E-state index contributed by atoms with van der Waals surface area (Å²) in [6, 6.07) is -0.626. The van der Waals surface area contributed by atoms with Crippen molar-refractivity contribution in [3.8, 4) is 0 Å². The van der Waals surface area contributed by atoms with Crippen molar-refractivity contribution in [2.45, 2.75) is 193 Å². The Morgan fingerprint density at radius 3 is 1.47 bits per heavy atom. The molecular weight excluding hydrogens is 739 g/mol. The number of carbonyl (C=O) groups is 3. The third-order valence-corrected chi connectivity index (χ3v) is 10.1. The van der Waals surface area contributed by atoms with E-state index in [1.165, 1.54) is 77.0 Å². The molecule has 338 valence electrons. The van der Waals surface area contributed by atoms with Crippen LogP contribution in [0.1, 0.15) is 181 Å². The summed E-state index contributed by atoms with van der Waals surface area (Å²) >= 11 is 0. The number of esters is 2. The topological polar surface area (TPSA) is 99.1 Å². The first kappa shape index (κ1) is 55.8. The molecule has 0 heterocycles. The molecule has 0 saturated carbocycles. The molecule has 0 aromatic heterocycles. The molecule has 0 rings (SSSR count). The molecule has 0 saturated heterocycles. The van der Waals surface area contributed by atoms with Gasteiger partial charge in [-0.05, 0) is 70.6 Å². The lowest BCUT2D eigenvalue weighted by molar-refractivity contribution is -0.887. The van der Waals surface area contributed by atoms with E-state index in [-0.39, 0.29) is 42.7 Å². The molecular formula is C51H88NO7+. The van der Waals surface area contributed by atoms with E-state index in [1.807, 2.05) is 27.2 Å². The summed E-state index contributed by atoms with van der Waals surface area (Å²) in [6.45, 7) is 4.54. The molecule has 8 heteroatoms. The van der Waals surface area contributed by atoms with E-state index in [2.05, 4.69) is 80.7 Å². The largest absolute Gasteiger partial charge is 0.477 e. The molecule has 0 bridgehead atoms. The minimum Gasteiger partial charge on any atom is -0.477 e. The summed E-state index contributed by atoms with van der Waals surface area (Å²) in [6.07, 6.45) is 52.5. The summed E-state index contributed by atoms with van der Waals surface area (Å²) in [5.41, 5.74) is 0. The lowest BCUT2D eigenvalue weighted by Gasteiger charge is -2.31. The number of ether oxygens (including phenoxy) is 3. The predicted octanol–water partition coefficient (Wildman–Crippen LogP) is 13.1. The summed E-state index contributed by atoms with van der Waals surface area (Å²) in [4.78, 5) is 37.0. The van der Waals surface area contributed by atoms with Gasteiger partial charge in [0.1, 0.15) is 6.61 Å². The van der Waals surface area contributed by atoms with Crippen LogP contribution in [0.15, 0.2) is 72.9 Å². The van der Waals surface area contributed by atoms with Crippen LogP contribution >= 0.6 is 0 Å². The second-order valence-corrected chi connectivity index (χ2v) is 16.6. The van der Waals surface area contributed by atoms with Crippen LogP contribution in [0.25, 0.3) is 0 Å². The van der Waals surface area contributed by atoms with Gasteiger partial charge in [-0.2, -0.15) is 0 Å².